The molecule has 0 saturated heterocycles. The first kappa shape index (κ1) is 19.2. The molecule has 2 N–H and O–H groups in total. The van der Waals surface area contributed by atoms with Crippen LogP contribution in [0.1, 0.15) is 35.6 Å². The zero-order chi connectivity index (χ0) is 20.6. The zero-order valence-electron chi connectivity index (χ0n) is 15.4. The highest BCUT2D eigenvalue weighted by molar-refractivity contribution is 5.84. The summed E-state index contributed by atoms with van der Waals surface area (Å²) in [6.07, 6.45) is -3.11. The van der Waals surface area contributed by atoms with Crippen LogP contribution in [0, 0.1) is 0 Å². The fourth-order valence-corrected chi connectivity index (χ4v) is 3.79. The van der Waals surface area contributed by atoms with Gasteiger partial charge in [-0.15, -0.1) is 0 Å². The van der Waals surface area contributed by atoms with Crippen LogP contribution in [0.15, 0.2) is 59.4 Å². The van der Waals surface area contributed by atoms with Crippen molar-refractivity contribution >= 4 is 16.7 Å². The van der Waals surface area contributed by atoms with Gasteiger partial charge in [-0.2, -0.15) is 13.2 Å². The van der Waals surface area contributed by atoms with Gasteiger partial charge in [-0.3, -0.25) is 9.59 Å². The summed E-state index contributed by atoms with van der Waals surface area (Å²) in [6, 6.07) is 14.2. The molecule has 0 atom stereocenters. The van der Waals surface area contributed by atoms with Gasteiger partial charge in [0.25, 0.3) is 5.56 Å². The molecule has 1 heterocycles. The van der Waals surface area contributed by atoms with Gasteiger partial charge in [0, 0.05) is 17.1 Å². The van der Waals surface area contributed by atoms with E-state index in [1.807, 2.05) is 12.1 Å². The number of benzene rings is 2. The Labute approximate surface area is 164 Å². The number of fused-ring (bicyclic) bond motifs is 1. The zero-order valence-corrected chi connectivity index (χ0v) is 15.4. The predicted molar refractivity (Wildman–Crippen MR) is 104 cm³/mol. The molecule has 1 fully saturated rings. The molecule has 0 bridgehead atoms. The minimum Gasteiger partial charge on any atom is -0.353 e. The summed E-state index contributed by atoms with van der Waals surface area (Å²) in [7, 11) is 0. The molecule has 1 aliphatic carbocycles. The Morgan fingerprint density at radius 3 is 2.59 bits per heavy atom. The first-order valence-corrected chi connectivity index (χ1v) is 9.37. The van der Waals surface area contributed by atoms with E-state index in [1.54, 1.807) is 24.3 Å². The van der Waals surface area contributed by atoms with Gasteiger partial charge in [0.1, 0.15) is 0 Å². The molecule has 7 heteroatoms. The second kappa shape index (κ2) is 7.39. The molecule has 0 spiro atoms. The van der Waals surface area contributed by atoms with Crippen LogP contribution in [0.2, 0.25) is 0 Å². The molecule has 2 aromatic carbocycles. The smallest absolute Gasteiger partial charge is 0.353 e. The SMILES string of the molecule is O=C(Cc1cc2ccccc2c(=O)[nH]1)NC1CC(c2cccc(C(F)(F)F)c2)C1. The van der Waals surface area contributed by atoms with Crippen molar-refractivity contribution in [2.24, 2.45) is 0 Å². The number of nitrogens with one attached hydrogen (secondary N) is 2. The molecule has 3 aromatic rings. The fraction of sp³-hybridized carbons (Fsp3) is 0.273. The van der Waals surface area contributed by atoms with Crippen molar-refractivity contribution in [3.63, 3.8) is 0 Å². The van der Waals surface area contributed by atoms with Crippen LogP contribution in [0.25, 0.3) is 10.8 Å². The van der Waals surface area contributed by atoms with E-state index >= 15 is 0 Å². The normalized spacial score (nSPS) is 19.0. The van der Waals surface area contributed by atoms with Crippen LogP contribution in [0.5, 0.6) is 0 Å². The van der Waals surface area contributed by atoms with Crippen LogP contribution >= 0.6 is 0 Å². The van der Waals surface area contributed by atoms with E-state index in [1.165, 1.54) is 12.1 Å². The Balaban J connectivity index is 1.35. The maximum atomic E-state index is 12.9. The summed E-state index contributed by atoms with van der Waals surface area (Å²) < 4.78 is 38.6. The van der Waals surface area contributed by atoms with Gasteiger partial charge in [0.15, 0.2) is 0 Å². The highest BCUT2D eigenvalue weighted by atomic mass is 19.4. The molecule has 150 valence electrons. The number of hydrogen-bond acceptors (Lipinski definition) is 2. The van der Waals surface area contributed by atoms with Gasteiger partial charge in [-0.1, -0.05) is 36.4 Å². The summed E-state index contributed by atoms with van der Waals surface area (Å²) >= 11 is 0. The van der Waals surface area contributed by atoms with Gasteiger partial charge >= 0.3 is 6.18 Å². The summed E-state index contributed by atoms with van der Waals surface area (Å²) in [5.41, 5.74) is 0.283. The van der Waals surface area contributed by atoms with Crippen LogP contribution in [-0.2, 0) is 17.4 Å². The molecule has 4 nitrogen and oxygen atoms in total. The van der Waals surface area contributed by atoms with Crippen molar-refractivity contribution in [2.45, 2.75) is 37.4 Å². The van der Waals surface area contributed by atoms with Crippen LogP contribution in [0.3, 0.4) is 0 Å². The highest BCUT2D eigenvalue weighted by Crippen LogP contribution is 2.39. The average molecular weight is 400 g/mol. The van der Waals surface area contributed by atoms with E-state index in [9.17, 15) is 22.8 Å². The number of aromatic nitrogens is 1. The van der Waals surface area contributed by atoms with Crippen molar-refractivity contribution in [3.05, 3.63) is 81.8 Å². The van der Waals surface area contributed by atoms with Crippen molar-refractivity contribution < 1.29 is 18.0 Å². The van der Waals surface area contributed by atoms with Gasteiger partial charge in [0.2, 0.25) is 5.91 Å². The molecule has 0 radical (unpaired) electrons. The number of aromatic amines is 1. The second-order valence-corrected chi connectivity index (χ2v) is 7.44. The third-order valence-corrected chi connectivity index (χ3v) is 5.35. The summed E-state index contributed by atoms with van der Waals surface area (Å²) in [4.78, 5) is 27.1. The molecular weight excluding hydrogens is 381 g/mol. The Bertz CT molecular complexity index is 1110. The van der Waals surface area contributed by atoms with Gasteiger partial charge in [-0.05, 0) is 47.9 Å². The highest BCUT2D eigenvalue weighted by Gasteiger charge is 2.34. The van der Waals surface area contributed by atoms with E-state index in [-0.39, 0.29) is 29.8 Å². The van der Waals surface area contributed by atoms with Crippen LogP contribution in [0.4, 0.5) is 13.2 Å². The molecule has 29 heavy (non-hydrogen) atoms. The Morgan fingerprint density at radius 2 is 1.83 bits per heavy atom. The van der Waals surface area contributed by atoms with Gasteiger partial charge in [-0.25, -0.2) is 0 Å². The summed E-state index contributed by atoms with van der Waals surface area (Å²) in [6.45, 7) is 0. The molecule has 0 aliphatic heterocycles. The topological polar surface area (TPSA) is 62.0 Å². The maximum absolute atomic E-state index is 12.9. The number of halogens is 3. The van der Waals surface area contributed by atoms with E-state index in [4.69, 9.17) is 0 Å². The molecule has 0 unspecified atom stereocenters. The maximum Gasteiger partial charge on any atom is 0.416 e. The number of carbonyl (C=O) groups is 1. The fourth-order valence-electron chi connectivity index (χ4n) is 3.79. The number of pyridine rings is 1. The third-order valence-electron chi connectivity index (χ3n) is 5.35. The monoisotopic (exact) mass is 400 g/mol. The molecule has 1 aliphatic rings. The number of alkyl halides is 3. The molecule has 4 rings (SSSR count). The number of hydrogen-bond donors (Lipinski definition) is 2. The van der Waals surface area contributed by atoms with E-state index in [0.29, 0.717) is 29.5 Å². The molecule has 1 saturated carbocycles. The van der Waals surface area contributed by atoms with E-state index in [2.05, 4.69) is 10.3 Å². The molecule has 1 aromatic heterocycles. The van der Waals surface area contributed by atoms with Gasteiger partial charge in [0.05, 0.1) is 12.0 Å². The Kier molecular flexibility index (Phi) is 4.90. The van der Waals surface area contributed by atoms with Crippen molar-refractivity contribution in [2.75, 3.05) is 0 Å². The summed E-state index contributed by atoms with van der Waals surface area (Å²) in [5, 5.41) is 4.23. The van der Waals surface area contributed by atoms with E-state index in [0.717, 1.165) is 11.5 Å². The van der Waals surface area contributed by atoms with Crippen molar-refractivity contribution in [3.8, 4) is 0 Å². The minimum atomic E-state index is -4.36. The number of carbonyl (C=O) groups excluding carboxylic acids is 1. The first-order chi connectivity index (χ1) is 13.8. The lowest BCUT2D eigenvalue weighted by Gasteiger charge is -2.36. The number of H-pyrrole nitrogens is 1. The van der Waals surface area contributed by atoms with Gasteiger partial charge < -0.3 is 10.3 Å². The Hall–Kier alpha value is -3.09. The first-order valence-electron chi connectivity index (χ1n) is 9.37. The van der Waals surface area contributed by atoms with E-state index < -0.39 is 11.7 Å². The third kappa shape index (κ3) is 4.18. The molecular formula is C22H19F3N2O2. The minimum absolute atomic E-state index is 0.00285. The lowest BCUT2D eigenvalue weighted by Crippen LogP contribution is -2.44. The predicted octanol–water partition coefficient (Wildman–Crippen LogP) is 4.15. The molecule has 1 amide bonds. The average Bonchev–Trinajstić information content (AvgIpc) is 2.64. The van der Waals surface area contributed by atoms with Crippen LogP contribution in [-0.4, -0.2) is 16.9 Å². The summed E-state index contributed by atoms with van der Waals surface area (Å²) in [5.74, 6) is -0.216. The quantitative estimate of drug-likeness (QED) is 0.691. The largest absolute Gasteiger partial charge is 0.416 e. The standard InChI is InChI=1S/C22H19F3N2O2/c23-22(24,25)16-6-3-5-13(8-16)15-10-17(11-15)26-20(28)12-18-9-14-4-1-2-7-19(14)21(29)27-18/h1-9,15,17H,10-12H2,(H,26,28)(H,27,29). The number of rotatable bonds is 4. The lowest BCUT2D eigenvalue weighted by molar-refractivity contribution is -0.137. The van der Waals surface area contributed by atoms with Crippen molar-refractivity contribution in [1.82, 2.24) is 10.3 Å². The second-order valence-electron chi connectivity index (χ2n) is 7.44. The Morgan fingerprint density at radius 1 is 1.07 bits per heavy atom. The van der Waals surface area contributed by atoms with Crippen LogP contribution < -0.4 is 10.9 Å². The van der Waals surface area contributed by atoms with Crippen molar-refractivity contribution in [1.29, 1.82) is 0 Å². The number of amides is 1. The lowest BCUT2D eigenvalue weighted by atomic mass is 9.75.